The lowest BCUT2D eigenvalue weighted by Crippen LogP contribution is -2.29. The Bertz CT molecular complexity index is 987. The summed E-state index contributed by atoms with van der Waals surface area (Å²) in [4.78, 5) is 28.6. The molecule has 2 heterocycles. The number of methoxy groups -OCH3 is 2. The van der Waals surface area contributed by atoms with Gasteiger partial charge in [-0.15, -0.1) is 0 Å². The van der Waals surface area contributed by atoms with Crippen molar-refractivity contribution in [2.75, 3.05) is 32.6 Å². The van der Waals surface area contributed by atoms with Gasteiger partial charge in [-0.3, -0.25) is 9.36 Å². The summed E-state index contributed by atoms with van der Waals surface area (Å²) in [5.74, 6) is 1.95. The van der Waals surface area contributed by atoms with Crippen molar-refractivity contribution in [1.82, 2.24) is 14.9 Å². The van der Waals surface area contributed by atoms with Gasteiger partial charge in [0.25, 0.3) is 0 Å². The van der Waals surface area contributed by atoms with Gasteiger partial charge < -0.3 is 20.1 Å². The van der Waals surface area contributed by atoms with Crippen molar-refractivity contribution in [3.8, 4) is 22.8 Å². The zero-order valence-corrected chi connectivity index (χ0v) is 19.3. The molecule has 0 radical (unpaired) electrons. The second-order valence-corrected chi connectivity index (χ2v) is 8.02. The van der Waals surface area contributed by atoms with Gasteiger partial charge in [-0.2, -0.15) is 4.98 Å². The van der Waals surface area contributed by atoms with Crippen LogP contribution < -0.4 is 25.8 Å². The van der Waals surface area contributed by atoms with E-state index >= 15 is 0 Å². The highest BCUT2D eigenvalue weighted by Gasteiger charge is 2.21. The Morgan fingerprint density at radius 3 is 2.59 bits per heavy atom. The molecule has 8 nitrogen and oxygen atoms in total. The lowest BCUT2D eigenvalue weighted by atomic mass is 9.97. The quantitative estimate of drug-likeness (QED) is 0.490. The van der Waals surface area contributed by atoms with Crippen LogP contribution in [0.1, 0.15) is 51.0 Å². The van der Waals surface area contributed by atoms with E-state index in [2.05, 4.69) is 22.5 Å². The van der Waals surface area contributed by atoms with Crippen LogP contribution in [0.25, 0.3) is 11.3 Å². The van der Waals surface area contributed by atoms with Gasteiger partial charge in [-0.25, -0.2) is 4.79 Å². The number of unbranched alkanes of at least 4 members (excludes halogenated alkanes) is 3. The van der Waals surface area contributed by atoms with Crippen LogP contribution in [0.2, 0.25) is 0 Å². The Morgan fingerprint density at radius 2 is 1.84 bits per heavy atom. The third kappa shape index (κ3) is 5.81. The molecule has 0 spiro atoms. The number of amides is 1. The molecule has 0 saturated carbocycles. The van der Waals surface area contributed by atoms with Crippen molar-refractivity contribution in [3.63, 3.8) is 0 Å². The SMILES string of the molecule is CCCCCCC(=O)NCCCNc1cc2n(c(=O)n1)CCc1cc(OC)c(OC)cc1-2. The summed E-state index contributed by atoms with van der Waals surface area (Å²) < 4.78 is 12.6. The van der Waals surface area contributed by atoms with E-state index in [0.717, 1.165) is 42.5 Å². The number of anilines is 1. The Balaban J connectivity index is 1.60. The second kappa shape index (κ2) is 11.5. The normalized spacial score (nSPS) is 12.0. The number of hydrogen-bond donors (Lipinski definition) is 2. The number of hydrogen-bond acceptors (Lipinski definition) is 6. The summed E-state index contributed by atoms with van der Waals surface area (Å²) >= 11 is 0. The summed E-state index contributed by atoms with van der Waals surface area (Å²) in [5.41, 5.74) is 2.61. The molecule has 0 fully saturated rings. The molecule has 1 aromatic carbocycles. The summed E-state index contributed by atoms with van der Waals surface area (Å²) in [6.07, 6.45) is 6.46. The molecule has 32 heavy (non-hydrogen) atoms. The van der Waals surface area contributed by atoms with Crippen LogP contribution in [0.15, 0.2) is 23.0 Å². The average Bonchev–Trinajstić information content (AvgIpc) is 2.80. The van der Waals surface area contributed by atoms with Gasteiger partial charge in [0, 0.05) is 37.7 Å². The Labute approximate surface area is 189 Å². The van der Waals surface area contributed by atoms with Gasteiger partial charge in [0.15, 0.2) is 11.5 Å². The topological polar surface area (TPSA) is 94.5 Å². The van der Waals surface area contributed by atoms with E-state index in [9.17, 15) is 9.59 Å². The van der Waals surface area contributed by atoms with Gasteiger partial charge in [0.2, 0.25) is 5.91 Å². The maximum absolute atomic E-state index is 12.6. The third-order valence-corrected chi connectivity index (χ3v) is 5.74. The number of rotatable bonds is 12. The molecule has 1 amide bonds. The fraction of sp³-hybridized carbons (Fsp3) is 0.542. The highest BCUT2D eigenvalue weighted by molar-refractivity contribution is 5.75. The smallest absolute Gasteiger partial charge is 0.349 e. The van der Waals surface area contributed by atoms with Crippen molar-refractivity contribution in [1.29, 1.82) is 0 Å². The largest absolute Gasteiger partial charge is 0.493 e. The Morgan fingerprint density at radius 1 is 1.06 bits per heavy atom. The minimum atomic E-state index is -0.272. The lowest BCUT2D eigenvalue weighted by molar-refractivity contribution is -0.121. The minimum Gasteiger partial charge on any atom is -0.493 e. The summed E-state index contributed by atoms with van der Waals surface area (Å²) in [5, 5.41) is 6.17. The first-order valence-corrected chi connectivity index (χ1v) is 11.4. The van der Waals surface area contributed by atoms with Crippen LogP contribution in [-0.2, 0) is 17.8 Å². The molecule has 2 aromatic rings. The number of nitrogens with one attached hydrogen (secondary N) is 2. The van der Waals surface area contributed by atoms with Gasteiger partial charge in [0.1, 0.15) is 5.82 Å². The van der Waals surface area contributed by atoms with E-state index in [4.69, 9.17) is 9.47 Å². The molecule has 0 atom stereocenters. The van der Waals surface area contributed by atoms with Crippen LogP contribution in [0, 0.1) is 0 Å². The first-order chi connectivity index (χ1) is 15.6. The zero-order chi connectivity index (χ0) is 22.9. The lowest BCUT2D eigenvalue weighted by Gasteiger charge is -2.23. The van der Waals surface area contributed by atoms with E-state index in [1.165, 1.54) is 12.8 Å². The fourth-order valence-corrected chi connectivity index (χ4v) is 3.97. The van der Waals surface area contributed by atoms with Crippen LogP contribution in [0.3, 0.4) is 0 Å². The predicted molar refractivity (Wildman–Crippen MR) is 126 cm³/mol. The summed E-state index contributed by atoms with van der Waals surface area (Å²) in [6, 6.07) is 5.79. The van der Waals surface area contributed by atoms with E-state index < -0.39 is 0 Å². The van der Waals surface area contributed by atoms with Crippen molar-refractivity contribution >= 4 is 11.7 Å². The molecular formula is C24H34N4O4. The molecule has 1 aliphatic heterocycles. The molecular weight excluding hydrogens is 408 g/mol. The second-order valence-electron chi connectivity index (χ2n) is 8.02. The van der Waals surface area contributed by atoms with Crippen LogP contribution in [0.5, 0.6) is 11.5 Å². The summed E-state index contributed by atoms with van der Waals surface area (Å²) in [6.45, 7) is 3.95. The van der Waals surface area contributed by atoms with Crippen LogP contribution in [0.4, 0.5) is 5.82 Å². The van der Waals surface area contributed by atoms with Crippen molar-refractivity contribution in [2.24, 2.45) is 0 Å². The molecule has 2 N–H and O–H groups in total. The standard InChI is InChI=1S/C24H34N4O4/c1-4-5-6-7-9-23(29)26-12-8-11-25-22-16-19-18-15-21(32-3)20(31-2)14-17(18)10-13-28(19)24(30)27-22/h14-16H,4-13H2,1-3H3,(H,26,29)(H,25,27,30). The number of carbonyl (C=O) groups excluding carboxylic acids is 1. The summed E-state index contributed by atoms with van der Waals surface area (Å²) in [7, 11) is 3.22. The minimum absolute atomic E-state index is 0.104. The molecule has 3 rings (SSSR count). The Hall–Kier alpha value is -3.03. The van der Waals surface area contributed by atoms with Crippen LogP contribution >= 0.6 is 0 Å². The highest BCUT2D eigenvalue weighted by atomic mass is 16.5. The van der Waals surface area contributed by atoms with E-state index in [1.54, 1.807) is 18.8 Å². The van der Waals surface area contributed by atoms with E-state index in [1.807, 2.05) is 18.2 Å². The molecule has 0 aliphatic carbocycles. The fourth-order valence-electron chi connectivity index (χ4n) is 3.97. The van der Waals surface area contributed by atoms with E-state index in [-0.39, 0.29) is 11.6 Å². The monoisotopic (exact) mass is 442 g/mol. The average molecular weight is 443 g/mol. The number of benzene rings is 1. The van der Waals surface area contributed by atoms with Crippen molar-refractivity contribution in [2.45, 2.75) is 58.4 Å². The molecule has 0 saturated heterocycles. The van der Waals surface area contributed by atoms with Gasteiger partial charge >= 0.3 is 5.69 Å². The highest BCUT2D eigenvalue weighted by Crippen LogP contribution is 2.38. The van der Waals surface area contributed by atoms with Gasteiger partial charge in [0.05, 0.1) is 19.9 Å². The molecule has 1 aromatic heterocycles. The predicted octanol–water partition coefficient (Wildman–Crippen LogP) is 3.37. The number of carbonyl (C=O) groups is 1. The number of aromatic nitrogens is 2. The number of fused-ring (bicyclic) bond motifs is 3. The van der Waals surface area contributed by atoms with Crippen LogP contribution in [-0.4, -0.2) is 42.8 Å². The van der Waals surface area contributed by atoms with Gasteiger partial charge in [-0.05, 0) is 37.0 Å². The first kappa shape index (κ1) is 23.6. The Kier molecular flexibility index (Phi) is 8.53. The van der Waals surface area contributed by atoms with Crippen molar-refractivity contribution < 1.29 is 14.3 Å². The van der Waals surface area contributed by atoms with E-state index in [0.29, 0.717) is 43.4 Å². The van der Waals surface area contributed by atoms with Crippen molar-refractivity contribution in [3.05, 3.63) is 34.2 Å². The first-order valence-electron chi connectivity index (χ1n) is 11.4. The van der Waals surface area contributed by atoms with Gasteiger partial charge in [-0.1, -0.05) is 26.2 Å². The zero-order valence-electron chi connectivity index (χ0n) is 19.3. The number of ether oxygens (including phenoxy) is 2. The maximum Gasteiger partial charge on any atom is 0.349 e. The maximum atomic E-state index is 12.6. The third-order valence-electron chi connectivity index (χ3n) is 5.74. The molecule has 174 valence electrons. The molecule has 8 heteroatoms. The molecule has 0 unspecified atom stereocenters. The molecule has 0 bridgehead atoms. The molecule has 1 aliphatic rings. The number of aryl methyl sites for hydroxylation is 1. The number of nitrogens with zero attached hydrogens (tertiary/aromatic N) is 2.